The lowest BCUT2D eigenvalue weighted by molar-refractivity contribution is 0.215. The van der Waals surface area contributed by atoms with E-state index in [2.05, 4.69) is 25.9 Å². The second-order valence-corrected chi connectivity index (χ2v) is 7.31. The lowest BCUT2D eigenvalue weighted by Crippen LogP contribution is -2.13. The highest BCUT2D eigenvalue weighted by Gasteiger charge is 2.09. The molecule has 162 valence electrons. The summed E-state index contributed by atoms with van der Waals surface area (Å²) in [6.45, 7) is 10.1. The van der Waals surface area contributed by atoms with Crippen LogP contribution in [-0.4, -0.2) is 33.1 Å². The average molecular weight is 412 g/mol. The van der Waals surface area contributed by atoms with Crippen molar-refractivity contribution in [3.05, 3.63) is 65.2 Å². The van der Waals surface area contributed by atoms with E-state index in [0.29, 0.717) is 25.7 Å². The van der Waals surface area contributed by atoms with Gasteiger partial charge in [0, 0.05) is 0 Å². The van der Waals surface area contributed by atoms with Crippen molar-refractivity contribution in [1.82, 2.24) is 0 Å². The van der Waals surface area contributed by atoms with Gasteiger partial charge in [-0.05, 0) is 74.1 Å². The van der Waals surface area contributed by atoms with Gasteiger partial charge in [0.2, 0.25) is 0 Å². The molecule has 30 heavy (non-hydrogen) atoms. The van der Waals surface area contributed by atoms with Gasteiger partial charge in [0.05, 0.1) is 19.4 Å². The number of ether oxygens (including phenoxy) is 3. The Morgan fingerprint density at radius 3 is 2.47 bits per heavy atom. The molecule has 0 amide bonds. The normalized spacial score (nSPS) is 12.3. The number of hydrogen-bond acceptors (Lipinski definition) is 5. The lowest BCUT2D eigenvalue weighted by atomic mass is 10.1. The Hall–Kier alpha value is -2.95. The van der Waals surface area contributed by atoms with Crippen LogP contribution in [-0.2, 0) is 4.84 Å². The van der Waals surface area contributed by atoms with Crippen molar-refractivity contribution in [1.29, 1.82) is 0 Å². The van der Waals surface area contributed by atoms with Gasteiger partial charge in [-0.3, -0.25) is 0 Å². The smallest absolute Gasteiger partial charge is 0.125 e. The second-order valence-electron chi connectivity index (χ2n) is 7.31. The Morgan fingerprint density at radius 1 is 1.00 bits per heavy atom. The highest BCUT2D eigenvalue weighted by molar-refractivity contribution is 5.79. The van der Waals surface area contributed by atoms with Gasteiger partial charge in [-0.1, -0.05) is 36.4 Å². The van der Waals surface area contributed by atoms with Crippen LogP contribution in [0.25, 0.3) is 0 Å². The number of benzene rings is 2. The van der Waals surface area contributed by atoms with Gasteiger partial charge in [0.25, 0.3) is 0 Å². The molecular weight excluding hydrogens is 378 g/mol. The van der Waals surface area contributed by atoms with E-state index in [4.69, 9.17) is 19.0 Å². The summed E-state index contributed by atoms with van der Waals surface area (Å²) in [7, 11) is 1.52. The summed E-state index contributed by atoms with van der Waals surface area (Å²) in [5.74, 6) is 3.00. The molecule has 5 heteroatoms. The molecule has 1 atom stereocenters. The van der Waals surface area contributed by atoms with E-state index in [1.807, 2.05) is 55.5 Å². The predicted molar refractivity (Wildman–Crippen MR) is 122 cm³/mol. The maximum atomic E-state index is 6.08. The minimum atomic E-state index is 0.366. The van der Waals surface area contributed by atoms with Gasteiger partial charge in [-0.25, -0.2) is 0 Å². The van der Waals surface area contributed by atoms with E-state index in [1.165, 1.54) is 7.11 Å². The molecule has 0 saturated carbocycles. The second kappa shape index (κ2) is 12.6. The van der Waals surface area contributed by atoms with Crippen molar-refractivity contribution in [2.75, 3.05) is 26.9 Å². The van der Waals surface area contributed by atoms with Crippen molar-refractivity contribution >= 4 is 6.21 Å². The van der Waals surface area contributed by atoms with Gasteiger partial charge in [-0.2, -0.15) is 0 Å². The van der Waals surface area contributed by atoms with Crippen LogP contribution in [0.4, 0.5) is 0 Å². The van der Waals surface area contributed by atoms with E-state index in [0.717, 1.165) is 40.4 Å². The van der Waals surface area contributed by atoms with Crippen LogP contribution in [0.2, 0.25) is 0 Å². The largest absolute Gasteiger partial charge is 0.493 e. The van der Waals surface area contributed by atoms with E-state index >= 15 is 0 Å². The van der Waals surface area contributed by atoms with Crippen LogP contribution >= 0.6 is 0 Å². The third-order valence-corrected chi connectivity index (χ3v) is 4.57. The van der Waals surface area contributed by atoms with Gasteiger partial charge in [-0.15, -0.1) is 0 Å². The summed E-state index contributed by atoms with van der Waals surface area (Å²) < 4.78 is 17.7. The highest BCUT2D eigenvalue weighted by atomic mass is 16.6. The summed E-state index contributed by atoms with van der Waals surface area (Å²) in [5.41, 5.74) is 3.11. The summed E-state index contributed by atoms with van der Waals surface area (Å²) in [6, 6.07) is 11.8. The average Bonchev–Trinajstić information content (AvgIpc) is 2.73. The zero-order valence-electron chi connectivity index (χ0n) is 18.7. The first-order valence-corrected chi connectivity index (χ1v) is 10.3. The fraction of sp³-hybridized carbons (Fsp3) is 0.400. The van der Waals surface area contributed by atoms with Crippen LogP contribution in [0, 0.1) is 19.8 Å². The fourth-order valence-electron chi connectivity index (χ4n) is 2.94. The molecule has 0 aromatic heterocycles. The molecule has 0 spiro atoms. The van der Waals surface area contributed by atoms with Gasteiger partial charge >= 0.3 is 0 Å². The van der Waals surface area contributed by atoms with Gasteiger partial charge in [0.15, 0.2) is 0 Å². The third kappa shape index (κ3) is 7.82. The number of aryl methyl sites for hydroxylation is 2. The molecule has 0 fully saturated rings. The Kier molecular flexibility index (Phi) is 9.78. The first-order valence-electron chi connectivity index (χ1n) is 10.3. The van der Waals surface area contributed by atoms with Crippen molar-refractivity contribution in [2.24, 2.45) is 11.1 Å². The maximum absolute atomic E-state index is 6.08. The van der Waals surface area contributed by atoms with Crippen molar-refractivity contribution in [2.45, 2.75) is 34.1 Å². The minimum absolute atomic E-state index is 0.366. The SMILES string of the molecule is C/C=C/COc1cc(C)c(OCCC(C)COc2cccc(/C=N\OC)c2)c(C)c1. The van der Waals surface area contributed by atoms with Gasteiger partial charge in [0.1, 0.15) is 31.0 Å². The molecule has 0 N–H and O–H groups in total. The summed E-state index contributed by atoms with van der Waals surface area (Å²) >= 11 is 0. The van der Waals surface area contributed by atoms with Crippen LogP contribution < -0.4 is 14.2 Å². The Morgan fingerprint density at radius 2 is 1.77 bits per heavy atom. The molecule has 5 nitrogen and oxygen atoms in total. The molecule has 2 aromatic carbocycles. The molecule has 0 aliphatic rings. The monoisotopic (exact) mass is 411 g/mol. The standard InChI is InChI=1S/C25H33NO4/c1-6-7-12-28-24-14-20(3)25(21(4)15-24)29-13-11-19(2)18-30-23-10-8-9-22(16-23)17-26-27-5/h6-10,14-17,19H,11-13,18H2,1-5H3/b7-6+,26-17-. The van der Waals surface area contributed by atoms with Gasteiger partial charge < -0.3 is 19.0 Å². The number of hydrogen-bond donors (Lipinski definition) is 0. The topological polar surface area (TPSA) is 49.3 Å². The van der Waals surface area contributed by atoms with Crippen LogP contribution in [0.15, 0.2) is 53.7 Å². The molecule has 0 heterocycles. The van der Waals surface area contributed by atoms with E-state index in [9.17, 15) is 0 Å². The fourth-order valence-corrected chi connectivity index (χ4v) is 2.94. The van der Waals surface area contributed by atoms with Crippen LogP contribution in [0.5, 0.6) is 17.2 Å². The Labute approximate surface area is 180 Å². The number of rotatable bonds is 12. The summed E-state index contributed by atoms with van der Waals surface area (Å²) in [5, 5.41) is 3.78. The van der Waals surface area contributed by atoms with E-state index < -0.39 is 0 Å². The Bertz CT molecular complexity index is 822. The van der Waals surface area contributed by atoms with Crippen molar-refractivity contribution in [3.8, 4) is 17.2 Å². The highest BCUT2D eigenvalue weighted by Crippen LogP contribution is 2.29. The first kappa shape index (κ1) is 23.3. The molecule has 0 bridgehead atoms. The number of allylic oxidation sites excluding steroid dienone is 1. The third-order valence-electron chi connectivity index (χ3n) is 4.57. The minimum Gasteiger partial charge on any atom is -0.493 e. The Balaban J connectivity index is 1.80. The summed E-state index contributed by atoms with van der Waals surface area (Å²) in [6.07, 6.45) is 6.53. The molecule has 0 aliphatic heterocycles. The molecular formula is C25H33NO4. The van der Waals surface area contributed by atoms with Crippen LogP contribution in [0.3, 0.4) is 0 Å². The zero-order chi connectivity index (χ0) is 21.8. The molecule has 2 aromatic rings. The number of nitrogens with zero attached hydrogens (tertiary/aromatic N) is 1. The molecule has 0 saturated heterocycles. The number of oxime groups is 1. The quantitative estimate of drug-likeness (QED) is 0.254. The first-order chi connectivity index (χ1) is 14.5. The lowest BCUT2D eigenvalue weighted by Gasteiger charge is -2.17. The molecule has 1 unspecified atom stereocenters. The van der Waals surface area contributed by atoms with Crippen LogP contribution in [0.1, 0.15) is 37.0 Å². The maximum Gasteiger partial charge on any atom is 0.125 e. The molecule has 0 radical (unpaired) electrons. The van der Waals surface area contributed by atoms with E-state index in [1.54, 1.807) is 6.21 Å². The predicted octanol–water partition coefficient (Wildman–Crippen LogP) is 5.72. The van der Waals surface area contributed by atoms with E-state index in [-0.39, 0.29) is 0 Å². The zero-order valence-corrected chi connectivity index (χ0v) is 18.7. The molecule has 2 rings (SSSR count). The van der Waals surface area contributed by atoms with Crippen molar-refractivity contribution < 1.29 is 19.0 Å². The van der Waals surface area contributed by atoms with Crippen molar-refractivity contribution in [3.63, 3.8) is 0 Å². The summed E-state index contributed by atoms with van der Waals surface area (Å²) in [4.78, 5) is 4.71. The molecule has 0 aliphatic carbocycles.